The van der Waals surface area contributed by atoms with Crippen molar-refractivity contribution in [1.82, 2.24) is 15.6 Å². The molecule has 13 heteroatoms. The fourth-order valence-corrected chi connectivity index (χ4v) is 3.18. The number of halogens is 2. The van der Waals surface area contributed by atoms with E-state index in [4.69, 9.17) is 48.8 Å². The first-order valence-corrected chi connectivity index (χ1v) is 9.64. The number of carbonyl (C=O) groups excluding carboxylic acids is 1. The molecule has 11 nitrogen and oxygen atoms in total. The largest absolute Gasteiger partial charge is 0.515 e. The van der Waals surface area contributed by atoms with E-state index >= 15 is 0 Å². The van der Waals surface area contributed by atoms with Crippen LogP contribution in [-0.2, 0) is 16.2 Å². The van der Waals surface area contributed by atoms with Crippen LogP contribution < -0.4 is 15.8 Å². The summed E-state index contributed by atoms with van der Waals surface area (Å²) in [6.07, 6.45) is -0.907. The van der Waals surface area contributed by atoms with E-state index in [9.17, 15) is 4.79 Å². The molecule has 0 amide bonds. The number of guanidine groups is 1. The van der Waals surface area contributed by atoms with Gasteiger partial charge in [-0.3, -0.25) is 10.4 Å². The highest BCUT2D eigenvalue weighted by atomic mass is 35.5. The van der Waals surface area contributed by atoms with Crippen LogP contribution >= 0.6 is 23.2 Å². The molecule has 2 aromatic rings. The Morgan fingerprint density at radius 2 is 1.90 bits per heavy atom. The van der Waals surface area contributed by atoms with Crippen LogP contribution in [0.1, 0.15) is 5.56 Å². The fraction of sp³-hybridized carbons (Fsp3) is 0.222. The Morgan fingerprint density at radius 1 is 1.23 bits per heavy atom. The number of nitrogens with one attached hydrogen (secondary N) is 1. The van der Waals surface area contributed by atoms with Crippen LogP contribution in [0.25, 0.3) is 0 Å². The van der Waals surface area contributed by atoms with Crippen LogP contribution in [-0.4, -0.2) is 52.6 Å². The zero-order valence-corrected chi connectivity index (χ0v) is 17.5. The molecule has 0 unspecified atom stereocenters. The minimum atomic E-state index is -0.907. The Bertz CT molecular complexity index is 934. The molecule has 1 aliphatic rings. The van der Waals surface area contributed by atoms with Gasteiger partial charge in [0.05, 0.1) is 22.0 Å². The Labute approximate surface area is 187 Å². The Balaban J connectivity index is 1.55. The number of anilines is 1. The van der Waals surface area contributed by atoms with Gasteiger partial charge in [0.2, 0.25) is 5.96 Å². The number of aliphatic imine (C=N–C) groups is 1. The molecule has 3 rings (SSSR count). The average molecular weight is 472 g/mol. The molecule has 0 aromatic heterocycles. The Hall–Kier alpha value is -2.80. The van der Waals surface area contributed by atoms with Crippen LogP contribution in [0.3, 0.4) is 0 Å². The maximum absolute atomic E-state index is 12.0. The van der Waals surface area contributed by atoms with Crippen molar-refractivity contribution < 1.29 is 29.5 Å². The maximum Gasteiger partial charge on any atom is 0.515 e. The Morgan fingerprint density at radius 3 is 2.55 bits per heavy atom. The molecule has 0 saturated carbocycles. The number of benzene rings is 2. The van der Waals surface area contributed by atoms with E-state index in [1.54, 1.807) is 29.2 Å². The summed E-state index contributed by atoms with van der Waals surface area (Å²) in [6.45, 7) is 0.940. The summed E-state index contributed by atoms with van der Waals surface area (Å²) in [7, 11) is 0. The van der Waals surface area contributed by atoms with E-state index < -0.39 is 6.16 Å². The third-order valence-corrected chi connectivity index (χ3v) is 4.61. The highest BCUT2D eigenvalue weighted by molar-refractivity contribution is 6.39. The van der Waals surface area contributed by atoms with Gasteiger partial charge >= 0.3 is 6.16 Å². The lowest BCUT2D eigenvalue weighted by Crippen LogP contribution is -2.33. The van der Waals surface area contributed by atoms with Gasteiger partial charge in [-0.2, -0.15) is 0 Å². The second-order valence-electron chi connectivity index (χ2n) is 6.25. The van der Waals surface area contributed by atoms with E-state index in [2.05, 4.69) is 15.1 Å². The van der Waals surface area contributed by atoms with Gasteiger partial charge in [0.15, 0.2) is 6.73 Å². The normalized spacial score (nSPS) is 14.7. The number of nitrogen functional groups attached to an aromatic ring is 1. The van der Waals surface area contributed by atoms with E-state index in [0.717, 1.165) is 0 Å². The third kappa shape index (κ3) is 6.59. The van der Waals surface area contributed by atoms with Crippen molar-refractivity contribution in [1.29, 1.82) is 0 Å². The molecule has 166 valence electrons. The van der Waals surface area contributed by atoms with Crippen molar-refractivity contribution in [3.05, 3.63) is 52.0 Å². The van der Waals surface area contributed by atoms with Crippen molar-refractivity contribution in [3.8, 4) is 5.75 Å². The van der Waals surface area contributed by atoms with E-state index in [1.807, 2.05) is 0 Å². The lowest BCUT2D eigenvalue weighted by Gasteiger charge is -2.17. The van der Waals surface area contributed by atoms with Gasteiger partial charge in [0.25, 0.3) is 0 Å². The third-order valence-electron chi connectivity index (χ3n) is 4.03. The molecule has 1 heterocycles. The van der Waals surface area contributed by atoms with E-state index in [-0.39, 0.29) is 24.5 Å². The number of rotatable bonds is 7. The SMILES string of the molecule is Nc1cc(Cl)c(/N=C2\NCCN2COC(=O)Oc2ccc(CON(O)O)cc2)c(Cl)c1. The van der Waals surface area contributed by atoms with E-state index in [0.29, 0.717) is 46.0 Å². The van der Waals surface area contributed by atoms with Crippen molar-refractivity contribution in [2.75, 3.05) is 25.6 Å². The zero-order valence-electron chi connectivity index (χ0n) is 16.0. The molecule has 5 N–H and O–H groups in total. The van der Waals surface area contributed by atoms with Crippen LogP contribution in [0, 0.1) is 0 Å². The van der Waals surface area contributed by atoms with Crippen LogP contribution in [0.5, 0.6) is 5.75 Å². The molecular weight excluding hydrogens is 453 g/mol. The Kier molecular flexibility index (Phi) is 7.74. The minimum absolute atomic E-state index is 0.0795. The molecule has 0 aliphatic carbocycles. The standard InChI is InChI=1S/C18H19Cl2N5O6/c19-14-7-12(21)8-15(20)16(14)23-17-22-5-6-24(17)10-29-18(26)31-13-3-1-11(2-4-13)9-30-25(27)28/h1-4,7-8,27-28H,5-6,9-10,21H2,(H,22,23). The summed E-state index contributed by atoms with van der Waals surface area (Å²) in [5.74, 6) is 0.681. The summed E-state index contributed by atoms with van der Waals surface area (Å²) in [5, 5.41) is 20.3. The van der Waals surface area contributed by atoms with Gasteiger partial charge < -0.3 is 25.4 Å². The molecule has 0 atom stereocenters. The molecular formula is C18H19Cl2N5O6. The van der Waals surface area contributed by atoms with Gasteiger partial charge in [-0.25, -0.2) is 14.6 Å². The highest BCUT2D eigenvalue weighted by Gasteiger charge is 2.21. The summed E-state index contributed by atoms with van der Waals surface area (Å²) in [5.41, 5.74) is 7.10. The first-order valence-electron chi connectivity index (χ1n) is 8.88. The quantitative estimate of drug-likeness (QED) is 0.205. The minimum Gasteiger partial charge on any atom is -0.412 e. The summed E-state index contributed by atoms with van der Waals surface area (Å²) < 4.78 is 10.3. The summed E-state index contributed by atoms with van der Waals surface area (Å²) in [6, 6.07) is 9.27. The van der Waals surface area contributed by atoms with Crippen LogP contribution in [0.2, 0.25) is 10.0 Å². The molecule has 0 bridgehead atoms. The van der Waals surface area contributed by atoms with Crippen molar-refractivity contribution in [2.45, 2.75) is 6.61 Å². The molecule has 31 heavy (non-hydrogen) atoms. The molecule has 0 spiro atoms. The number of ether oxygens (including phenoxy) is 2. The average Bonchev–Trinajstić information content (AvgIpc) is 3.15. The number of nitrogens with zero attached hydrogens (tertiary/aromatic N) is 3. The number of hydrogen-bond acceptors (Lipinski definition) is 9. The highest BCUT2D eigenvalue weighted by Crippen LogP contribution is 2.35. The molecule has 1 fully saturated rings. The summed E-state index contributed by atoms with van der Waals surface area (Å²) >= 11 is 12.3. The first kappa shape index (κ1) is 22.9. The predicted octanol–water partition coefficient (Wildman–Crippen LogP) is 3.15. The fourth-order valence-electron chi connectivity index (χ4n) is 2.60. The van der Waals surface area contributed by atoms with Crippen LogP contribution in [0.15, 0.2) is 41.4 Å². The lowest BCUT2D eigenvalue weighted by molar-refractivity contribution is -0.497. The van der Waals surface area contributed by atoms with Gasteiger partial charge in [-0.1, -0.05) is 35.3 Å². The summed E-state index contributed by atoms with van der Waals surface area (Å²) in [4.78, 5) is 22.6. The topological polar surface area (TPSA) is 142 Å². The first-order chi connectivity index (χ1) is 14.8. The lowest BCUT2D eigenvalue weighted by atomic mass is 10.2. The van der Waals surface area contributed by atoms with Crippen molar-refractivity contribution in [2.24, 2.45) is 4.99 Å². The van der Waals surface area contributed by atoms with Crippen molar-refractivity contribution in [3.63, 3.8) is 0 Å². The van der Waals surface area contributed by atoms with Gasteiger partial charge in [-0.05, 0) is 29.8 Å². The monoisotopic (exact) mass is 471 g/mol. The smallest absolute Gasteiger partial charge is 0.412 e. The molecule has 1 aliphatic heterocycles. The second-order valence-corrected chi connectivity index (χ2v) is 7.07. The molecule has 0 radical (unpaired) electrons. The van der Waals surface area contributed by atoms with E-state index in [1.165, 1.54) is 12.1 Å². The molecule has 2 aromatic carbocycles. The van der Waals surface area contributed by atoms with Gasteiger partial charge in [0.1, 0.15) is 11.4 Å². The number of nitrogens with two attached hydrogens (primary N) is 1. The molecule has 1 saturated heterocycles. The number of hydrogen-bond donors (Lipinski definition) is 4. The predicted molar refractivity (Wildman–Crippen MR) is 111 cm³/mol. The number of carbonyl (C=O) groups is 1. The van der Waals surface area contributed by atoms with Crippen LogP contribution in [0.4, 0.5) is 16.2 Å². The van der Waals surface area contributed by atoms with Gasteiger partial charge in [-0.15, -0.1) is 0 Å². The zero-order chi connectivity index (χ0) is 22.4. The van der Waals surface area contributed by atoms with Gasteiger partial charge in [0, 0.05) is 18.8 Å². The second kappa shape index (κ2) is 10.5. The van der Waals surface area contributed by atoms with Crippen molar-refractivity contribution >= 4 is 46.7 Å². The maximum atomic E-state index is 12.0.